The Bertz CT molecular complexity index is 953. The van der Waals surface area contributed by atoms with E-state index in [0.29, 0.717) is 19.3 Å². The first-order chi connectivity index (χ1) is 27.5. The zero-order valence-electron chi connectivity index (χ0n) is 37.2. The molecule has 0 amide bonds. The van der Waals surface area contributed by atoms with Crippen LogP contribution >= 0.6 is 0 Å². The van der Waals surface area contributed by atoms with E-state index in [2.05, 4.69) is 57.2 Å². The fraction of sp³-hybridized carbons (Fsp3) is 0.820. The summed E-state index contributed by atoms with van der Waals surface area (Å²) in [4.78, 5) is 37.8. The van der Waals surface area contributed by atoms with Crippen LogP contribution in [0.3, 0.4) is 0 Å². The average molecular weight is 787 g/mol. The molecular formula is C50H90O6. The molecule has 0 aromatic heterocycles. The van der Waals surface area contributed by atoms with Crippen LogP contribution in [0.25, 0.3) is 0 Å². The number of esters is 3. The quantitative estimate of drug-likeness (QED) is 0.0265. The summed E-state index contributed by atoms with van der Waals surface area (Å²) in [7, 11) is 0. The Morgan fingerprint density at radius 2 is 0.661 bits per heavy atom. The molecule has 0 N–H and O–H groups in total. The molecule has 56 heavy (non-hydrogen) atoms. The van der Waals surface area contributed by atoms with Crippen LogP contribution in [0.1, 0.15) is 245 Å². The lowest BCUT2D eigenvalue weighted by molar-refractivity contribution is -0.167. The molecule has 0 saturated heterocycles. The van der Waals surface area contributed by atoms with Gasteiger partial charge in [0, 0.05) is 19.3 Å². The Morgan fingerprint density at radius 1 is 0.357 bits per heavy atom. The van der Waals surface area contributed by atoms with Crippen LogP contribution in [-0.2, 0) is 28.6 Å². The van der Waals surface area contributed by atoms with E-state index < -0.39 is 6.10 Å². The molecule has 0 fully saturated rings. The highest BCUT2D eigenvalue weighted by molar-refractivity contribution is 5.71. The number of carbonyl (C=O) groups excluding carboxylic acids is 3. The smallest absolute Gasteiger partial charge is 0.306 e. The normalized spacial score (nSPS) is 12.3. The molecule has 1 unspecified atom stereocenters. The van der Waals surface area contributed by atoms with Gasteiger partial charge >= 0.3 is 17.9 Å². The first-order valence-electron chi connectivity index (χ1n) is 24.0. The van der Waals surface area contributed by atoms with Crippen molar-refractivity contribution in [2.45, 2.75) is 252 Å². The van der Waals surface area contributed by atoms with Gasteiger partial charge in [-0.3, -0.25) is 14.4 Å². The van der Waals surface area contributed by atoms with Crippen LogP contribution in [0.4, 0.5) is 0 Å². The summed E-state index contributed by atoms with van der Waals surface area (Å²) in [5, 5.41) is 0. The maximum atomic E-state index is 12.7. The van der Waals surface area contributed by atoms with Crippen molar-refractivity contribution in [3.8, 4) is 0 Å². The highest BCUT2D eigenvalue weighted by atomic mass is 16.6. The maximum Gasteiger partial charge on any atom is 0.306 e. The molecule has 0 aromatic rings. The monoisotopic (exact) mass is 787 g/mol. The first-order valence-corrected chi connectivity index (χ1v) is 24.0. The summed E-state index contributed by atoms with van der Waals surface area (Å²) in [6.07, 6.45) is 51.2. The predicted octanol–water partition coefficient (Wildman–Crippen LogP) is 15.4. The van der Waals surface area contributed by atoms with Crippen LogP contribution in [0.2, 0.25) is 0 Å². The van der Waals surface area contributed by atoms with Crippen molar-refractivity contribution in [3.05, 3.63) is 36.5 Å². The SMILES string of the molecule is CCCC/C=C\C/C=C\CCCCCCCC(=O)OCC(COC(=O)CCCCCCCCCCCCC)OC(=O)CCCCCCC/C=C\CCCCCC. The summed E-state index contributed by atoms with van der Waals surface area (Å²) >= 11 is 0. The Labute approximate surface area is 346 Å². The van der Waals surface area contributed by atoms with Crippen LogP contribution in [0, 0.1) is 0 Å². The minimum Gasteiger partial charge on any atom is -0.462 e. The summed E-state index contributed by atoms with van der Waals surface area (Å²) in [6.45, 7) is 6.56. The van der Waals surface area contributed by atoms with Gasteiger partial charge in [-0.1, -0.05) is 192 Å². The molecule has 6 heteroatoms. The number of rotatable bonds is 43. The summed E-state index contributed by atoms with van der Waals surface area (Å²) in [5.41, 5.74) is 0. The molecule has 0 bridgehead atoms. The Balaban J connectivity index is 4.39. The van der Waals surface area contributed by atoms with Crippen molar-refractivity contribution < 1.29 is 28.6 Å². The summed E-state index contributed by atoms with van der Waals surface area (Å²) in [6, 6.07) is 0. The second-order valence-corrected chi connectivity index (χ2v) is 16.0. The standard InChI is InChI=1S/C50H90O6/c1-4-7-10-13-16-19-22-24-26-28-31-34-37-40-43-49(52)55-46-47(45-54-48(51)42-39-36-33-30-27-21-18-15-12-9-6-3)56-50(53)44-41-38-35-32-29-25-23-20-17-14-11-8-5-2/h13,16,20,22-24,47H,4-12,14-15,17-19,21,25-46H2,1-3H3/b16-13-,23-20-,24-22-. The Kier molecular flexibility index (Phi) is 43.4. The van der Waals surface area contributed by atoms with E-state index in [-0.39, 0.29) is 31.1 Å². The fourth-order valence-electron chi connectivity index (χ4n) is 6.69. The largest absolute Gasteiger partial charge is 0.462 e. The van der Waals surface area contributed by atoms with Gasteiger partial charge in [-0.15, -0.1) is 0 Å². The Hall–Kier alpha value is -2.37. The van der Waals surface area contributed by atoms with Crippen molar-refractivity contribution in [3.63, 3.8) is 0 Å². The number of carbonyl (C=O) groups is 3. The van der Waals surface area contributed by atoms with Gasteiger partial charge in [0.2, 0.25) is 0 Å². The first kappa shape index (κ1) is 53.6. The molecule has 326 valence electrons. The van der Waals surface area contributed by atoms with E-state index in [9.17, 15) is 14.4 Å². The third-order valence-electron chi connectivity index (χ3n) is 10.4. The second-order valence-electron chi connectivity index (χ2n) is 16.0. The zero-order chi connectivity index (χ0) is 40.8. The third-order valence-corrected chi connectivity index (χ3v) is 10.4. The van der Waals surface area contributed by atoms with Crippen LogP contribution in [0.5, 0.6) is 0 Å². The number of hydrogen-bond donors (Lipinski definition) is 0. The number of unbranched alkanes of at least 4 members (excludes halogenated alkanes) is 26. The van der Waals surface area contributed by atoms with Gasteiger partial charge in [-0.25, -0.2) is 0 Å². The minimum absolute atomic E-state index is 0.0778. The molecule has 0 saturated carbocycles. The maximum absolute atomic E-state index is 12.7. The van der Waals surface area contributed by atoms with Gasteiger partial charge in [0.1, 0.15) is 13.2 Å². The lowest BCUT2D eigenvalue weighted by atomic mass is 10.1. The molecule has 0 radical (unpaired) electrons. The van der Waals surface area contributed by atoms with Gasteiger partial charge < -0.3 is 14.2 Å². The van der Waals surface area contributed by atoms with E-state index in [1.54, 1.807) is 0 Å². The molecule has 0 rings (SSSR count). The molecule has 0 aliphatic rings. The molecule has 0 aromatic carbocycles. The highest BCUT2D eigenvalue weighted by Crippen LogP contribution is 2.14. The van der Waals surface area contributed by atoms with E-state index in [1.807, 2.05) is 0 Å². The van der Waals surface area contributed by atoms with Crippen LogP contribution in [-0.4, -0.2) is 37.2 Å². The molecule has 0 spiro atoms. The van der Waals surface area contributed by atoms with E-state index >= 15 is 0 Å². The topological polar surface area (TPSA) is 78.9 Å². The van der Waals surface area contributed by atoms with Crippen molar-refractivity contribution in [2.75, 3.05) is 13.2 Å². The third kappa shape index (κ3) is 42.8. The van der Waals surface area contributed by atoms with E-state index in [1.165, 1.54) is 116 Å². The second kappa shape index (κ2) is 45.3. The van der Waals surface area contributed by atoms with Crippen molar-refractivity contribution >= 4 is 17.9 Å². The lowest BCUT2D eigenvalue weighted by Gasteiger charge is -2.18. The van der Waals surface area contributed by atoms with Gasteiger partial charge in [-0.05, 0) is 70.6 Å². The minimum atomic E-state index is -0.777. The van der Waals surface area contributed by atoms with Crippen molar-refractivity contribution in [1.29, 1.82) is 0 Å². The number of hydrogen-bond acceptors (Lipinski definition) is 6. The van der Waals surface area contributed by atoms with Crippen LogP contribution in [0.15, 0.2) is 36.5 Å². The Morgan fingerprint density at radius 3 is 1.07 bits per heavy atom. The molecule has 0 heterocycles. The lowest BCUT2D eigenvalue weighted by Crippen LogP contribution is -2.30. The zero-order valence-corrected chi connectivity index (χ0v) is 37.2. The average Bonchev–Trinajstić information content (AvgIpc) is 3.19. The van der Waals surface area contributed by atoms with Crippen molar-refractivity contribution in [1.82, 2.24) is 0 Å². The van der Waals surface area contributed by atoms with Crippen LogP contribution < -0.4 is 0 Å². The predicted molar refractivity (Wildman–Crippen MR) is 238 cm³/mol. The summed E-state index contributed by atoms with van der Waals surface area (Å²) in [5.74, 6) is -0.897. The highest BCUT2D eigenvalue weighted by Gasteiger charge is 2.19. The molecule has 0 aliphatic carbocycles. The summed E-state index contributed by atoms with van der Waals surface area (Å²) < 4.78 is 16.7. The van der Waals surface area contributed by atoms with Gasteiger partial charge in [-0.2, -0.15) is 0 Å². The molecule has 6 nitrogen and oxygen atoms in total. The van der Waals surface area contributed by atoms with E-state index in [0.717, 1.165) is 89.9 Å². The van der Waals surface area contributed by atoms with Gasteiger partial charge in [0.25, 0.3) is 0 Å². The van der Waals surface area contributed by atoms with Crippen molar-refractivity contribution in [2.24, 2.45) is 0 Å². The fourth-order valence-corrected chi connectivity index (χ4v) is 6.69. The van der Waals surface area contributed by atoms with Gasteiger partial charge in [0.05, 0.1) is 0 Å². The number of ether oxygens (including phenoxy) is 3. The van der Waals surface area contributed by atoms with Gasteiger partial charge in [0.15, 0.2) is 6.10 Å². The molecular weight excluding hydrogens is 697 g/mol. The molecule has 1 atom stereocenters. The molecule has 0 aliphatic heterocycles. The van der Waals surface area contributed by atoms with E-state index in [4.69, 9.17) is 14.2 Å². The number of allylic oxidation sites excluding steroid dienone is 6.